The molecule has 5 nitrogen and oxygen atoms in total. The molecule has 0 saturated carbocycles. The molecule has 0 bridgehead atoms. The lowest BCUT2D eigenvalue weighted by Crippen LogP contribution is -2.45. The number of ether oxygens (including phenoxy) is 1. The Morgan fingerprint density at radius 1 is 1.47 bits per heavy atom. The molecule has 0 aliphatic carbocycles. The zero-order chi connectivity index (χ0) is 14.0. The lowest BCUT2D eigenvalue weighted by Gasteiger charge is -2.33. The van der Waals surface area contributed by atoms with Crippen molar-refractivity contribution in [2.45, 2.75) is 20.0 Å². The van der Waals surface area contributed by atoms with Crippen LogP contribution in [0.2, 0.25) is 0 Å². The van der Waals surface area contributed by atoms with E-state index < -0.39 is 12.1 Å². The van der Waals surface area contributed by atoms with Gasteiger partial charge in [0.2, 0.25) is 0 Å². The zero-order valence-corrected chi connectivity index (χ0v) is 10.8. The highest BCUT2D eigenvalue weighted by atomic mass is 16.5. The molecule has 1 atom stereocenters. The van der Waals surface area contributed by atoms with Crippen molar-refractivity contribution in [1.82, 2.24) is 0 Å². The summed E-state index contributed by atoms with van der Waals surface area (Å²) in [5.41, 5.74) is 1.27. The summed E-state index contributed by atoms with van der Waals surface area (Å²) in [6.45, 7) is 3.61. The highest BCUT2D eigenvalue weighted by Crippen LogP contribution is 2.33. The summed E-state index contributed by atoms with van der Waals surface area (Å²) in [6, 6.07) is 7.23. The zero-order valence-electron chi connectivity index (χ0n) is 10.8. The van der Waals surface area contributed by atoms with Gasteiger partial charge in [-0.25, -0.2) is 4.79 Å². The predicted molar refractivity (Wildman–Crippen MR) is 70.3 cm³/mol. The molecule has 19 heavy (non-hydrogen) atoms. The van der Waals surface area contributed by atoms with Gasteiger partial charge in [-0.2, -0.15) is 0 Å². The largest absolute Gasteiger partial charge is 0.479 e. The first-order valence-electron chi connectivity index (χ1n) is 5.96. The van der Waals surface area contributed by atoms with E-state index in [1.807, 2.05) is 12.1 Å². The monoisotopic (exact) mass is 261 g/mol. The van der Waals surface area contributed by atoms with Gasteiger partial charge in [-0.05, 0) is 31.6 Å². The number of hydrogen-bond donors (Lipinski definition) is 1. The molecule has 100 valence electrons. The number of carboxylic acids is 1. The Morgan fingerprint density at radius 3 is 2.84 bits per heavy atom. The molecule has 1 amide bonds. The number of anilines is 1. The molecule has 0 aromatic heterocycles. The van der Waals surface area contributed by atoms with E-state index in [1.54, 1.807) is 30.9 Å². The maximum Gasteiger partial charge on any atom is 0.328 e. The van der Waals surface area contributed by atoms with Crippen LogP contribution >= 0.6 is 0 Å². The Kier molecular flexibility index (Phi) is 3.55. The molecule has 1 aromatic carbocycles. The van der Waals surface area contributed by atoms with Crippen LogP contribution in [0.3, 0.4) is 0 Å². The Hall–Kier alpha value is -2.30. The Balaban J connectivity index is 2.33. The fourth-order valence-corrected chi connectivity index (χ4v) is 2.03. The first-order valence-corrected chi connectivity index (χ1v) is 5.96. The van der Waals surface area contributed by atoms with Crippen LogP contribution in [0.5, 0.6) is 5.75 Å². The van der Waals surface area contributed by atoms with Crippen LogP contribution in [0, 0.1) is 0 Å². The highest BCUT2D eigenvalue weighted by Gasteiger charge is 2.31. The number of aliphatic carboxylic acids is 1. The number of hydrogen-bond acceptors (Lipinski definition) is 3. The molecule has 1 aliphatic rings. The molecule has 1 heterocycles. The minimum atomic E-state index is -1.01. The summed E-state index contributed by atoms with van der Waals surface area (Å²) in [6.07, 6.45) is 0.545. The number of nitrogens with zero attached hydrogens (tertiary/aromatic N) is 1. The standard InChI is InChI=1S/C14H15NO4/c1-9(7-13(16)17)8-15-11-5-3-4-6-12(11)19-10(2)14(15)18/h3-7,10H,8H2,1-2H3,(H,16,17). The van der Waals surface area contributed by atoms with E-state index in [1.165, 1.54) is 0 Å². The maximum atomic E-state index is 12.1. The predicted octanol–water partition coefficient (Wildman–Crippen LogP) is 1.83. The van der Waals surface area contributed by atoms with Crippen LogP contribution in [0.1, 0.15) is 13.8 Å². The minimum absolute atomic E-state index is 0.170. The minimum Gasteiger partial charge on any atom is -0.479 e. The number of rotatable bonds is 3. The fraction of sp³-hybridized carbons (Fsp3) is 0.286. The molecular formula is C14H15NO4. The SMILES string of the molecule is CC(=CC(=O)O)CN1C(=O)C(C)Oc2ccccc21. The average Bonchev–Trinajstić information content (AvgIpc) is 2.34. The van der Waals surface area contributed by atoms with Crippen LogP contribution in [-0.4, -0.2) is 29.6 Å². The van der Waals surface area contributed by atoms with Crippen molar-refractivity contribution in [2.75, 3.05) is 11.4 Å². The second-order valence-electron chi connectivity index (χ2n) is 4.48. The van der Waals surface area contributed by atoms with Crippen molar-refractivity contribution in [3.63, 3.8) is 0 Å². The maximum absolute atomic E-state index is 12.1. The summed E-state index contributed by atoms with van der Waals surface area (Å²) in [5, 5.41) is 8.72. The first kappa shape index (κ1) is 13.1. The summed E-state index contributed by atoms with van der Waals surface area (Å²) in [7, 11) is 0. The van der Waals surface area contributed by atoms with Crippen molar-refractivity contribution in [2.24, 2.45) is 0 Å². The summed E-state index contributed by atoms with van der Waals surface area (Å²) in [4.78, 5) is 24.3. The van der Waals surface area contributed by atoms with Gasteiger partial charge >= 0.3 is 5.97 Å². The normalized spacial score (nSPS) is 18.8. The van der Waals surface area contributed by atoms with E-state index in [9.17, 15) is 9.59 Å². The van der Waals surface area contributed by atoms with E-state index in [0.717, 1.165) is 6.08 Å². The Labute approximate surface area is 111 Å². The molecule has 0 saturated heterocycles. The van der Waals surface area contributed by atoms with Crippen LogP contribution in [0.15, 0.2) is 35.9 Å². The lowest BCUT2D eigenvalue weighted by atomic mass is 10.1. The van der Waals surface area contributed by atoms with Gasteiger partial charge in [0, 0.05) is 12.6 Å². The van der Waals surface area contributed by atoms with Gasteiger partial charge in [-0.3, -0.25) is 4.79 Å². The third-order valence-corrected chi connectivity index (χ3v) is 2.85. The van der Waals surface area contributed by atoms with Crippen LogP contribution < -0.4 is 9.64 Å². The molecule has 5 heteroatoms. The smallest absolute Gasteiger partial charge is 0.328 e. The summed E-state index contributed by atoms with van der Waals surface area (Å²) >= 11 is 0. The lowest BCUT2D eigenvalue weighted by molar-refractivity contribution is -0.131. The van der Waals surface area contributed by atoms with E-state index >= 15 is 0 Å². The van der Waals surface area contributed by atoms with Crippen molar-refractivity contribution in [3.05, 3.63) is 35.9 Å². The van der Waals surface area contributed by atoms with Crippen LogP contribution in [0.4, 0.5) is 5.69 Å². The molecule has 1 aliphatic heterocycles. The molecule has 1 N–H and O–H groups in total. The van der Waals surface area contributed by atoms with Gasteiger partial charge in [0.1, 0.15) is 5.75 Å². The van der Waals surface area contributed by atoms with Crippen LogP contribution in [-0.2, 0) is 9.59 Å². The number of amides is 1. The van der Waals surface area contributed by atoms with Gasteiger partial charge in [0.05, 0.1) is 5.69 Å². The quantitative estimate of drug-likeness (QED) is 0.843. The summed E-state index contributed by atoms with van der Waals surface area (Å²) < 4.78 is 5.51. The van der Waals surface area contributed by atoms with Crippen LogP contribution in [0.25, 0.3) is 0 Å². The molecular weight excluding hydrogens is 246 g/mol. The molecule has 2 rings (SSSR count). The molecule has 1 aromatic rings. The van der Waals surface area contributed by atoms with Gasteiger partial charge in [0.15, 0.2) is 6.10 Å². The third-order valence-electron chi connectivity index (χ3n) is 2.85. The number of para-hydroxylation sites is 2. The second kappa shape index (κ2) is 5.14. The van der Waals surface area contributed by atoms with Gasteiger partial charge in [-0.15, -0.1) is 0 Å². The number of fused-ring (bicyclic) bond motifs is 1. The van der Waals surface area contributed by atoms with E-state index in [4.69, 9.17) is 9.84 Å². The third kappa shape index (κ3) is 2.76. The number of carboxylic acid groups (broad SMARTS) is 1. The van der Waals surface area contributed by atoms with E-state index in [0.29, 0.717) is 17.0 Å². The fourth-order valence-electron chi connectivity index (χ4n) is 2.03. The first-order chi connectivity index (χ1) is 8.99. The van der Waals surface area contributed by atoms with E-state index in [-0.39, 0.29) is 12.5 Å². The van der Waals surface area contributed by atoms with E-state index in [2.05, 4.69) is 0 Å². The number of carbonyl (C=O) groups is 2. The van der Waals surface area contributed by atoms with Gasteiger partial charge < -0.3 is 14.7 Å². The van der Waals surface area contributed by atoms with Gasteiger partial charge in [-0.1, -0.05) is 12.1 Å². The summed E-state index contributed by atoms with van der Waals surface area (Å²) in [5.74, 6) is -0.547. The van der Waals surface area contributed by atoms with Crippen molar-refractivity contribution >= 4 is 17.6 Å². The topological polar surface area (TPSA) is 66.8 Å². The molecule has 0 fully saturated rings. The van der Waals surface area contributed by atoms with Crippen molar-refractivity contribution in [1.29, 1.82) is 0 Å². The average molecular weight is 261 g/mol. The van der Waals surface area contributed by atoms with Gasteiger partial charge in [0.25, 0.3) is 5.91 Å². The Bertz CT molecular complexity index is 550. The molecule has 0 radical (unpaired) electrons. The van der Waals surface area contributed by atoms with Crippen molar-refractivity contribution < 1.29 is 19.4 Å². The second-order valence-corrected chi connectivity index (χ2v) is 4.48. The molecule has 1 unspecified atom stereocenters. The Morgan fingerprint density at radius 2 is 2.16 bits per heavy atom. The highest BCUT2D eigenvalue weighted by molar-refractivity contribution is 6.00. The van der Waals surface area contributed by atoms with Crippen molar-refractivity contribution in [3.8, 4) is 5.75 Å². The number of carbonyl (C=O) groups excluding carboxylic acids is 1. The number of benzene rings is 1. The molecule has 0 spiro atoms.